The zero-order chi connectivity index (χ0) is 12.6. The second-order valence-electron chi connectivity index (χ2n) is 4.83. The molecule has 1 aliphatic rings. The van der Waals surface area contributed by atoms with Crippen LogP contribution in [0.15, 0.2) is 11.1 Å². The molecule has 17 heavy (non-hydrogen) atoms. The Kier molecular flexibility index (Phi) is 2.82. The van der Waals surface area contributed by atoms with E-state index in [4.69, 9.17) is 10.5 Å². The number of nitrogens with one attached hydrogen (secondary N) is 1. The summed E-state index contributed by atoms with van der Waals surface area (Å²) in [5.74, 6) is 1.21. The van der Waals surface area contributed by atoms with Crippen molar-refractivity contribution in [2.45, 2.75) is 19.4 Å². The largest absolute Gasteiger partial charge is 0.489 e. The number of nitrogens with zero attached hydrogens (tertiary/aromatic N) is 2. The maximum Gasteiger partial charge on any atom is 0.295 e. The third kappa shape index (κ3) is 1.88. The van der Waals surface area contributed by atoms with Crippen molar-refractivity contribution in [3.05, 3.63) is 16.7 Å². The molecule has 0 radical (unpaired) electrons. The number of nitrogens with two attached hydrogens (primary N) is 1. The minimum atomic E-state index is -0.267. The Labute approximate surface area is 99.8 Å². The van der Waals surface area contributed by atoms with Gasteiger partial charge in [-0.05, 0) is 5.92 Å². The second kappa shape index (κ2) is 4.03. The van der Waals surface area contributed by atoms with E-state index in [2.05, 4.69) is 23.8 Å². The maximum atomic E-state index is 11.5. The van der Waals surface area contributed by atoms with Gasteiger partial charge in [0.1, 0.15) is 0 Å². The summed E-state index contributed by atoms with van der Waals surface area (Å²) < 4.78 is 5.07. The number of rotatable bonds is 3. The number of ether oxygens (including phenoxy) is 1. The average Bonchev–Trinajstić information content (AvgIpc) is 2.24. The van der Waals surface area contributed by atoms with Gasteiger partial charge in [0.2, 0.25) is 5.75 Å². The molecular formula is C11H18N4O2. The van der Waals surface area contributed by atoms with Crippen LogP contribution in [0.25, 0.3) is 0 Å². The van der Waals surface area contributed by atoms with E-state index in [9.17, 15) is 4.79 Å². The lowest BCUT2D eigenvalue weighted by atomic mass is 9.80. The lowest BCUT2D eigenvalue weighted by Crippen LogP contribution is -2.70. The number of H-pyrrole nitrogens is 1. The summed E-state index contributed by atoms with van der Waals surface area (Å²) in [5, 5.41) is 0. The topological polar surface area (TPSA) is 84.2 Å². The van der Waals surface area contributed by atoms with Crippen LogP contribution in [0.2, 0.25) is 0 Å². The monoisotopic (exact) mass is 238 g/mol. The molecular weight excluding hydrogens is 220 g/mol. The number of aromatic nitrogens is 2. The van der Waals surface area contributed by atoms with Crippen molar-refractivity contribution in [1.29, 1.82) is 0 Å². The summed E-state index contributed by atoms with van der Waals surface area (Å²) in [6, 6.07) is 0. The van der Waals surface area contributed by atoms with E-state index in [-0.39, 0.29) is 16.8 Å². The fourth-order valence-electron chi connectivity index (χ4n) is 1.97. The Hall–Kier alpha value is -1.56. The number of hydrogen-bond donors (Lipinski definition) is 2. The van der Waals surface area contributed by atoms with Crippen LogP contribution in [0.3, 0.4) is 0 Å². The van der Waals surface area contributed by atoms with Crippen LogP contribution in [0.5, 0.6) is 5.75 Å². The van der Waals surface area contributed by atoms with Gasteiger partial charge in [-0.3, -0.25) is 4.79 Å². The fraction of sp³-hybridized carbons (Fsp3) is 0.636. The van der Waals surface area contributed by atoms with Gasteiger partial charge in [0, 0.05) is 13.1 Å². The molecule has 2 heterocycles. The fourth-order valence-corrected chi connectivity index (χ4v) is 1.97. The van der Waals surface area contributed by atoms with Crippen LogP contribution in [0.1, 0.15) is 13.8 Å². The van der Waals surface area contributed by atoms with Crippen molar-refractivity contribution < 1.29 is 4.74 Å². The van der Waals surface area contributed by atoms with E-state index in [0.29, 0.717) is 24.8 Å². The molecule has 0 saturated carbocycles. The Bertz CT molecular complexity index is 463. The molecule has 0 atom stereocenters. The van der Waals surface area contributed by atoms with Gasteiger partial charge in [0.15, 0.2) is 5.82 Å². The van der Waals surface area contributed by atoms with Crippen LogP contribution < -0.4 is 20.9 Å². The van der Waals surface area contributed by atoms with Crippen molar-refractivity contribution >= 4 is 5.82 Å². The highest BCUT2D eigenvalue weighted by Gasteiger charge is 2.43. The Morgan fingerprint density at radius 1 is 1.59 bits per heavy atom. The van der Waals surface area contributed by atoms with E-state index >= 15 is 0 Å². The number of aromatic amines is 1. The first-order valence-electron chi connectivity index (χ1n) is 5.63. The summed E-state index contributed by atoms with van der Waals surface area (Å²) in [4.78, 5) is 20.1. The van der Waals surface area contributed by atoms with Crippen molar-refractivity contribution in [2.24, 2.45) is 11.7 Å². The second-order valence-corrected chi connectivity index (χ2v) is 4.83. The molecule has 6 nitrogen and oxygen atoms in total. The number of methoxy groups -OCH3 is 1. The third-order valence-corrected chi connectivity index (χ3v) is 3.42. The van der Waals surface area contributed by atoms with E-state index in [0.717, 1.165) is 0 Å². The van der Waals surface area contributed by atoms with Crippen molar-refractivity contribution in [2.75, 3.05) is 25.1 Å². The van der Waals surface area contributed by atoms with Gasteiger partial charge in [-0.1, -0.05) is 13.8 Å². The zero-order valence-corrected chi connectivity index (χ0v) is 10.4. The predicted molar refractivity (Wildman–Crippen MR) is 65.4 cm³/mol. The highest BCUT2D eigenvalue weighted by Crippen LogP contribution is 2.32. The average molecular weight is 238 g/mol. The molecule has 0 unspecified atom stereocenters. The maximum absolute atomic E-state index is 11.5. The first-order valence-corrected chi connectivity index (χ1v) is 5.63. The SMILES string of the molecule is COc1c(N2CC(N)(C(C)C)C2)nc[nH]c1=O. The van der Waals surface area contributed by atoms with Crippen molar-refractivity contribution in [1.82, 2.24) is 9.97 Å². The first-order chi connectivity index (χ1) is 7.98. The highest BCUT2D eigenvalue weighted by molar-refractivity contribution is 5.54. The molecule has 0 aromatic carbocycles. The van der Waals surface area contributed by atoms with Gasteiger partial charge in [0.25, 0.3) is 5.56 Å². The summed E-state index contributed by atoms with van der Waals surface area (Å²) >= 11 is 0. The van der Waals surface area contributed by atoms with Crippen molar-refractivity contribution in [3.63, 3.8) is 0 Å². The molecule has 3 N–H and O–H groups in total. The molecule has 0 bridgehead atoms. The molecule has 1 aromatic rings. The van der Waals surface area contributed by atoms with E-state index in [1.54, 1.807) is 0 Å². The Morgan fingerprint density at radius 3 is 2.76 bits per heavy atom. The lowest BCUT2D eigenvalue weighted by Gasteiger charge is -2.50. The minimum absolute atomic E-state index is 0.199. The van der Waals surface area contributed by atoms with Gasteiger partial charge >= 0.3 is 0 Å². The molecule has 1 saturated heterocycles. The van der Waals surface area contributed by atoms with Gasteiger partial charge in [-0.2, -0.15) is 0 Å². The normalized spacial score (nSPS) is 18.1. The first kappa shape index (κ1) is 11.9. The predicted octanol–water partition coefficient (Wildman–Crippen LogP) is -0.0480. The molecule has 1 fully saturated rings. The standard InChI is InChI=1S/C11H18N4O2/c1-7(2)11(12)4-15(5-11)9-8(17-3)10(16)14-6-13-9/h6-7H,4-5,12H2,1-3H3,(H,13,14,16). The molecule has 0 aliphatic carbocycles. The van der Waals surface area contributed by atoms with Crippen molar-refractivity contribution in [3.8, 4) is 5.75 Å². The van der Waals surface area contributed by atoms with Crippen LogP contribution in [0, 0.1) is 5.92 Å². The van der Waals surface area contributed by atoms with E-state index < -0.39 is 0 Å². The van der Waals surface area contributed by atoms with Gasteiger partial charge in [-0.15, -0.1) is 0 Å². The third-order valence-electron chi connectivity index (χ3n) is 3.42. The minimum Gasteiger partial charge on any atom is -0.489 e. The van der Waals surface area contributed by atoms with Gasteiger partial charge in [-0.25, -0.2) is 4.98 Å². The molecule has 2 rings (SSSR count). The quantitative estimate of drug-likeness (QED) is 0.771. The Balaban J connectivity index is 2.22. The summed E-state index contributed by atoms with van der Waals surface area (Å²) in [7, 11) is 1.47. The molecule has 94 valence electrons. The van der Waals surface area contributed by atoms with Crippen LogP contribution in [-0.4, -0.2) is 35.7 Å². The van der Waals surface area contributed by atoms with Crippen LogP contribution in [0.4, 0.5) is 5.82 Å². The summed E-state index contributed by atoms with van der Waals surface area (Å²) in [6.45, 7) is 5.58. The van der Waals surface area contributed by atoms with Crippen LogP contribution >= 0.6 is 0 Å². The van der Waals surface area contributed by atoms with E-state index in [1.165, 1.54) is 13.4 Å². The Morgan fingerprint density at radius 2 is 2.24 bits per heavy atom. The smallest absolute Gasteiger partial charge is 0.295 e. The molecule has 0 amide bonds. The number of hydrogen-bond acceptors (Lipinski definition) is 5. The number of anilines is 1. The summed E-state index contributed by atoms with van der Waals surface area (Å²) in [6.07, 6.45) is 1.38. The highest BCUT2D eigenvalue weighted by atomic mass is 16.5. The van der Waals surface area contributed by atoms with Gasteiger partial charge < -0.3 is 20.4 Å². The molecule has 0 spiro atoms. The molecule has 6 heteroatoms. The van der Waals surface area contributed by atoms with E-state index in [1.807, 2.05) is 4.90 Å². The lowest BCUT2D eigenvalue weighted by molar-refractivity contribution is 0.241. The molecule has 1 aromatic heterocycles. The molecule has 1 aliphatic heterocycles. The van der Waals surface area contributed by atoms with Crippen LogP contribution in [-0.2, 0) is 0 Å². The summed E-state index contributed by atoms with van der Waals surface area (Å²) in [5.41, 5.74) is 5.74. The van der Waals surface area contributed by atoms with Gasteiger partial charge in [0.05, 0.1) is 19.0 Å². The zero-order valence-electron chi connectivity index (χ0n) is 10.4.